The molecule has 2 aliphatic rings. The molecule has 0 amide bonds. The van der Waals surface area contributed by atoms with Gasteiger partial charge in [-0.1, -0.05) is 19.8 Å². The Kier molecular flexibility index (Phi) is 5.06. The van der Waals surface area contributed by atoms with Crippen LogP contribution in [0.15, 0.2) is 0 Å². The van der Waals surface area contributed by atoms with Crippen LogP contribution in [-0.4, -0.2) is 47.8 Å². The van der Waals surface area contributed by atoms with E-state index in [1.54, 1.807) is 14.2 Å². The monoisotopic (exact) mass is 288 g/mol. The predicted octanol–water partition coefficient (Wildman–Crippen LogP) is 2.64. The lowest BCUT2D eigenvalue weighted by atomic mass is 9.88. The highest BCUT2D eigenvalue weighted by Crippen LogP contribution is 2.49. The summed E-state index contributed by atoms with van der Waals surface area (Å²) in [5, 5.41) is -0.244. The van der Waals surface area contributed by atoms with E-state index in [9.17, 15) is 0 Å². The average molecular weight is 288 g/mol. The fourth-order valence-corrected chi connectivity index (χ4v) is 8.07. The number of ether oxygens (including phenoxy) is 2. The maximum atomic E-state index is 6.12. The summed E-state index contributed by atoms with van der Waals surface area (Å²) in [5.74, 6) is 0.534. The summed E-state index contributed by atoms with van der Waals surface area (Å²) in [5.41, 5.74) is 0. The number of epoxide rings is 1. The second kappa shape index (κ2) is 6.22. The van der Waals surface area contributed by atoms with Gasteiger partial charge in [0.2, 0.25) is 0 Å². The molecule has 0 aliphatic carbocycles. The van der Waals surface area contributed by atoms with Crippen molar-refractivity contribution in [2.75, 3.05) is 27.9 Å². The van der Waals surface area contributed by atoms with Crippen LogP contribution in [0.1, 0.15) is 39.0 Å². The minimum Gasteiger partial charge on any atom is -0.396 e. The molecular formula is C14H28O4Si. The molecule has 4 nitrogen and oxygen atoms in total. The quantitative estimate of drug-likeness (QED) is 0.533. The molecule has 2 heterocycles. The molecule has 5 heteroatoms. The van der Waals surface area contributed by atoms with Crippen LogP contribution >= 0.6 is 0 Å². The highest BCUT2D eigenvalue weighted by Gasteiger charge is 2.64. The summed E-state index contributed by atoms with van der Waals surface area (Å²) in [6.45, 7) is 3.10. The first-order valence-electron chi connectivity index (χ1n) is 7.45. The molecule has 0 spiro atoms. The average Bonchev–Trinajstić information content (AvgIpc) is 3.25. The van der Waals surface area contributed by atoms with E-state index < -0.39 is 8.56 Å². The molecule has 0 bridgehead atoms. The van der Waals surface area contributed by atoms with Crippen molar-refractivity contribution in [3.8, 4) is 0 Å². The molecule has 2 rings (SSSR count). The fraction of sp³-hybridized carbons (Fsp3) is 1.00. The summed E-state index contributed by atoms with van der Waals surface area (Å²) >= 11 is 0. The third-order valence-electron chi connectivity index (χ3n) is 4.96. The Balaban J connectivity index is 2.32. The number of hydrogen-bond acceptors (Lipinski definition) is 4. The third kappa shape index (κ3) is 2.63. The highest BCUT2D eigenvalue weighted by molar-refractivity contribution is 6.70. The molecule has 0 aromatic heterocycles. The van der Waals surface area contributed by atoms with Gasteiger partial charge in [0.05, 0.1) is 12.7 Å². The molecule has 0 aromatic rings. The summed E-state index contributed by atoms with van der Waals surface area (Å²) < 4.78 is 23.6. The van der Waals surface area contributed by atoms with Crippen molar-refractivity contribution < 1.29 is 18.3 Å². The molecule has 2 aliphatic heterocycles. The van der Waals surface area contributed by atoms with Crippen molar-refractivity contribution >= 4 is 8.56 Å². The molecule has 0 saturated carbocycles. The Labute approximate surface area is 118 Å². The molecule has 2 saturated heterocycles. The van der Waals surface area contributed by atoms with Crippen LogP contribution in [0.5, 0.6) is 0 Å². The van der Waals surface area contributed by atoms with Crippen molar-refractivity contribution in [1.29, 1.82) is 0 Å². The second-order valence-corrected chi connectivity index (χ2v) is 9.46. The second-order valence-electron chi connectivity index (χ2n) is 5.79. The highest BCUT2D eigenvalue weighted by atomic mass is 28.4. The number of rotatable bonds is 7. The smallest absolute Gasteiger partial charge is 0.371 e. The number of methoxy groups -OCH3 is 1. The molecule has 0 radical (unpaired) electrons. The Bertz CT molecular complexity index is 289. The van der Waals surface area contributed by atoms with Crippen LogP contribution in [0.25, 0.3) is 0 Å². The van der Waals surface area contributed by atoms with Gasteiger partial charge in [0, 0.05) is 27.8 Å². The van der Waals surface area contributed by atoms with Crippen molar-refractivity contribution in [1.82, 2.24) is 0 Å². The van der Waals surface area contributed by atoms with Crippen LogP contribution in [0.2, 0.25) is 6.04 Å². The summed E-state index contributed by atoms with van der Waals surface area (Å²) in [6, 6.07) is 1.03. The fourth-order valence-electron chi connectivity index (χ4n) is 3.95. The number of hydrogen-bond donors (Lipinski definition) is 0. The summed E-state index contributed by atoms with van der Waals surface area (Å²) in [4.78, 5) is 0. The van der Waals surface area contributed by atoms with Crippen molar-refractivity contribution in [3.05, 3.63) is 0 Å². The van der Waals surface area contributed by atoms with Crippen LogP contribution in [0.4, 0.5) is 0 Å². The largest absolute Gasteiger partial charge is 0.396 e. The molecule has 19 heavy (non-hydrogen) atoms. The molecule has 3 unspecified atom stereocenters. The lowest BCUT2D eigenvalue weighted by molar-refractivity contribution is -0.0595. The lowest BCUT2D eigenvalue weighted by Gasteiger charge is -2.52. The predicted molar refractivity (Wildman–Crippen MR) is 76.3 cm³/mol. The van der Waals surface area contributed by atoms with Gasteiger partial charge in [-0.3, -0.25) is 0 Å². The Hall–Kier alpha value is 0.0569. The van der Waals surface area contributed by atoms with Gasteiger partial charge >= 0.3 is 8.56 Å². The lowest BCUT2D eigenvalue weighted by Crippen LogP contribution is -2.69. The van der Waals surface area contributed by atoms with Crippen LogP contribution in [-0.2, 0) is 18.3 Å². The molecule has 112 valence electrons. The van der Waals surface area contributed by atoms with E-state index in [4.69, 9.17) is 18.3 Å². The van der Waals surface area contributed by atoms with Crippen molar-refractivity contribution in [3.63, 3.8) is 0 Å². The van der Waals surface area contributed by atoms with E-state index in [1.165, 1.54) is 25.7 Å². The first-order chi connectivity index (χ1) is 9.18. The van der Waals surface area contributed by atoms with Gasteiger partial charge < -0.3 is 18.3 Å². The van der Waals surface area contributed by atoms with E-state index in [0.717, 1.165) is 19.1 Å². The minimum atomic E-state index is -2.34. The van der Waals surface area contributed by atoms with Crippen LogP contribution < -0.4 is 0 Å². The molecular weight excluding hydrogens is 260 g/mol. The Morgan fingerprint density at radius 2 is 1.95 bits per heavy atom. The third-order valence-corrected chi connectivity index (χ3v) is 9.39. The van der Waals surface area contributed by atoms with E-state index in [-0.39, 0.29) is 5.22 Å². The maximum absolute atomic E-state index is 6.12. The van der Waals surface area contributed by atoms with Crippen molar-refractivity contribution in [2.45, 2.75) is 56.4 Å². The topological polar surface area (TPSA) is 40.2 Å². The van der Waals surface area contributed by atoms with Gasteiger partial charge in [-0.15, -0.1) is 0 Å². The zero-order chi connectivity index (χ0) is 13.9. The zero-order valence-corrected chi connectivity index (χ0v) is 13.7. The first-order valence-corrected chi connectivity index (χ1v) is 9.47. The SMILES string of the molecule is CCCC1CCC[Si](OC)(OC)C1(CC1CO1)OC. The standard InChI is InChI=1S/C14H28O4Si/c1-5-7-12-8-6-9-19(16-3,17-4)14(12,15-2)10-13-11-18-13/h12-13H,5-11H2,1-4H3. The minimum absolute atomic E-state index is 0.244. The summed E-state index contributed by atoms with van der Waals surface area (Å²) in [6.07, 6.45) is 6.04. The van der Waals surface area contributed by atoms with E-state index in [2.05, 4.69) is 6.92 Å². The van der Waals surface area contributed by atoms with Crippen molar-refractivity contribution in [2.24, 2.45) is 5.92 Å². The zero-order valence-electron chi connectivity index (χ0n) is 12.7. The Morgan fingerprint density at radius 3 is 2.42 bits per heavy atom. The van der Waals surface area contributed by atoms with Gasteiger partial charge in [0.15, 0.2) is 0 Å². The van der Waals surface area contributed by atoms with Gasteiger partial charge in [-0.2, -0.15) is 0 Å². The van der Waals surface area contributed by atoms with Crippen LogP contribution in [0, 0.1) is 5.92 Å². The molecule has 0 aromatic carbocycles. The van der Waals surface area contributed by atoms with Gasteiger partial charge in [-0.05, 0) is 24.8 Å². The van der Waals surface area contributed by atoms with Gasteiger partial charge in [0.1, 0.15) is 5.22 Å². The molecule has 3 atom stereocenters. The van der Waals surface area contributed by atoms with E-state index in [1.807, 2.05) is 7.11 Å². The summed E-state index contributed by atoms with van der Waals surface area (Å²) in [7, 11) is 3.09. The van der Waals surface area contributed by atoms with E-state index >= 15 is 0 Å². The molecule has 0 N–H and O–H groups in total. The first kappa shape index (κ1) is 15.4. The van der Waals surface area contributed by atoms with Gasteiger partial charge in [0.25, 0.3) is 0 Å². The Morgan fingerprint density at radius 1 is 1.26 bits per heavy atom. The molecule has 2 fully saturated rings. The normalized spacial score (nSPS) is 37.3. The van der Waals surface area contributed by atoms with Gasteiger partial charge in [-0.25, -0.2) is 0 Å². The maximum Gasteiger partial charge on any atom is 0.371 e. The van der Waals surface area contributed by atoms with Crippen LogP contribution in [0.3, 0.4) is 0 Å². The van der Waals surface area contributed by atoms with E-state index in [0.29, 0.717) is 12.0 Å².